The second-order valence-corrected chi connectivity index (χ2v) is 6.94. The number of carbonyl (C=O) groups excluding carboxylic acids is 1. The molecule has 116 valence electrons. The van der Waals surface area contributed by atoms with Crippen molar-refractivity contribution in [1.82, 2.24) is 9.88 Å². The van der Waals surface area contributed by atoms with E-state index in [0.29, 0.717) is 10.7 Å². The van der Waals surface area contributed by atoms with Gasteiger partial charge in [-0.25, -0.2) is 4.98 Å². The van der Waals surface area contributed by atoms with Gasteiger partial charge in [-0.15, -0.1) is 0 Å². The third kappa shape index (κ3) is 3.31. The van der Waals surface area contributed by atoms with E-state index in [0.717, 1.165) is 44.2 Å². The minimum atomic E-state index is 0.0809. The van der Waals surface area contributed by atoms with E-state index in [9.17, 15) is 4.79 Å². The van der Waals surface area contributed by atoms with Crippen LogP contribution in [-0.2, 0) is 0 Å². The Labute approximate surface area is 130 Å². The van der Waals surface area contributed by atoms with E-state index in [4.69, 9.17) is 5.73 Å². The molecule has 2 aliphatic heterocycles. The van der Waals surface area contributed by atoms with Gasteiger partial charge in [-0.05, 0) is 25.7 Å². The van der Waals surface area contributed by atoms with E-state index in [-0.39, 0.29) is 5.91 Å². The molecule has 2 saturated heterocycles. The maximum absolute atomic E-state index is 12.7. The maximum atomic E-state index is 12.7. The Morgan fingerprint density at radius 3 is 2.19 bits per heavy atom. The SMILES string of the molecule is Nc1nc(N2CCCC2)sc1C(=O)N1CCCCCCC1. The van der Waals surface area contributed by atoms with Crippen LogP contribution in [0.25, 0.3) is 0 Å². The number of nitrogen functional groups attached to an aromatic ring is 1. The number of hydrogen-bond acceptors (Lipinski definition) is 5. The lowest BCUT2D eigenvalue weighted by atomic mass is 10.1. The molecule has 1 aromatic rings. The quantitative estimate of drug-likeness (QED) is 0.912. The summed E-state index contributed by atoms with van der Waals surface area (Å²) in [5.41, 5.74) is 6.01. The second-order valence-electron chi connectivity index (χ2n) is 5.96. The number of hydrogen-bond donors (Lipinski definition) is 1. The fourth-order valence-electron chi connectivity index (χ4n) is 3.11. The average Bonchev–Trinajstić information content (AvgIpc) is 3.06. The summed E-state index contributed by atoms with van der Waals surface area (Å²) in [6.07, 6.45) is 8.35. The Hall–Kier alpha value is -1.30. The van der Waals surface area contributed by atoms with Crippen LogP contribution in [0.2, 0.25) is 0 Å². The van der Waals surface area contributed by atoms with Crippen molar-refractivity contribution in [2.45, 2.75) is 44.9 Å². The number of rotatable bonds is 2. The second kappa shape index (κ2) is 6.64. The van der Waals surface area contributed by atoms with E-state index >= 15 is 0 Å². The first-order chi connectivity index (χ1) is 10.3. The van der Waals surface area contributed by atoms with Crippen molar-refractivity contribution in [3.05, 3.63) is 4.88 Å². The first kappa shape index (κ1) is 14.6. The van der Waals surface area contributed by atoms with Gasteiger partial charge in [-0.3, -0.25) is 4.79 Å². The maximum Gasteiger partial charge on any atom is 0.267 e. The summed E-state index contributed by atoms with van der Waals surface area (Å²) in [7, 11) is 0. The fourth-order valence-corrected chi connectivity index (χ4v) is 4.12. The molecule has 2 aliphatic rings. The molecule has 3 rings (SSSR count). The molecule has 0 spiro atoms. The molecule has 3 heterocycles. The largest absolute Gasteiger partial charge is 0.382 e. The van der Waals surface area contributed by atoms with Gasteiger partial charge in [0.05, 0.1) is 0 Å². The lowest BCUT2D eigenvalue weighted by molar-refractivity contribution is 0.0748. The topological polar surface area (TPSA) is 62.5 Å². The molecular formula is C15H24N4OS. The molecule has 1 aromatic heterocycles. The van der Waals surface area contributed by atoms with Gasteiger partial charge in [0.25, 0.3) is 5.91 Å². The molecule has 0 unspecified atom stereocenters. The van der Waals surface area contributed by atoms with E-state index in [1.165, 1.54) is 43.4 Å². The summed E-state index contributed by atoms with van der Waals surface area (Å²) in [4.78, 5) is 22.0. The van der Waals surface area contributed by atoms with Crippen LogP contribution in [0.5, 0.6) is 0 Å². The third-order valence-electron chi connectivity index (χ3n) is 4.36. The lowest BCUT2D eigenvalue weighted by Gasteiger charge is -2.24. The minimum Gasteiger partial charge on any atom is -0.382 e. The summed E-state index contributed by atoms with van der Waals surface area (Å²) in [6, 6.07) is 0. The first-order valence-corrected chi connectivity index (χ1v) is 8.88. The minimum absolute atomic E-state index is 0.0809. The number of nitrogens with two attached hydrogens (primary N) is 1. The van der Waals surface area contributed by atoms with E-state index in [2.05, 4.69) is 9.88 Å². The molecule has 0 atom stereocenters. The number of nitrogens with zero attached hydrogens (tertiary/aromatic N) is 3. The van der Waals surface area contributed by atoms with Crippen LogP contribution in [0.15, 0.2) is 0 Å². The van der Waals surface area contributed by atoms with E-state index < -0.39 is 0 Å². The van der Waals surface area contributed by atoms with Crippen LogP contribution in [0.3, 0.4) is 0 Å². The highest BCUT2D eigenvalue weighted by molar-refractivity contribution is 7.18. The number of likely N-dealkylation sites (tertiary alicyclic amines) is 1. The average molecular weight is 308 g/mol. The summed E-state index contributed by atoms with van der Waals surface area (Å²) in [6.45, 7) is 3.78. The standard InChI is InChI=1S/C15H24N4OS/c16-13-12(21-15(17-13)19-10-6-7-11-19)14(20)18-8-4-2-1-3-5-9-18/h1-11,16H2. The Balaban J connectivity index is 1.73. The van der Waals surface area contributed by atoms with Crippen LogP contribution in [0.1, 0.15) is 54.6 Å². The molecule has 0 radical (unpaired) electrons. The summed E-state index contributed by atoms with van der Waals surface area (Å²) in [5, 5.41) is 0.917. The number of thiazole rings is 1. The zero-order chi connectivity index (χ0) is 14.7. The molecular weight excluding hydrogens is 284 g/mol. The van der Waals surface area contributed by atoms with Crippen molar-refractivity contribution >= 4 is 28.2 Å². The highest BCUT2D eigenvalue weighted by atomic mass is 32.1. The molecule has 0 aliphatic carbocycles. The summed E-state index contributed by atoms with van der Waals surface area (Å²) in [5.74, 6) is 0.492. The molecule has 0 saturated carbocycles. The van der Waals surface area contributed by atoms with Crippen molar-refractivity contribution < 1.29 is 4.79 Å². The normalized spacial score (nSPS) is 20.4. The van der Waals surface area contributed by atoms with Crippen LogP contribution in [-0.4, -0.2) is 42.0 Å². The van der Waals surface area contributed by atoms with Crippen molar-refractivity contribution in [3.63, 3.8) is 0 Å². The molecule has 0 bridgehead atoms. The predicted octanol–water partition coefficient (Wildman–Crippen LogP) is 2.73. The van der Waals surface area contributed by atoms with Crippen molar-refractivity contribution in [1.29, 1.82) is 0 Å². The smallest absolute Gasteiger partial charge is 0.267 e. The zero-order valence-corrected chi connectivity index (χ0v) is 13.3. The molecule has 0 aromatic carbocycles. The molecule has 2 N–H and O–H groups in total. The van der Waals surface area contributed by atoms with E-state index in [1.807, 2.05) is 4.90 Å². The van der Waals surface area contributed by atoms with Gasteiger partial charge in [0, 0.05) is 26.2 Å². The third-order valence-corrected chi connectivity index (χ3v) is 5.48. The van der Waals surface area contributed by atoms with Crippen LogP contribution in [0.4, 0.5) is 10.9 Å². The van der Waals surface area contributed by atoms with Crippen LogP contribution in [0, 0.1) is 0 Å². The van der Waals surface area contributed by atoms with Crippen LogP contribution >= 0.6 is 11.3 Å². The van der Waals surface area contributed by atoms with Gasteiger partial charge < -0.3 is 15.5 Å². The number of anilines is 2. The monoisotopic (exact) mass is 308 g/mol. The Bertz CT molecular complexity index is 488. The summed E-state index contributed by atoms with van der Waals surface area (Å²) < 4.78 is 0. The number of aromatic nitrogens is 1. The van der Waals surface area contributed by atoms with Crippen molar-refractivity contribution in [2.75, 3.05) is 36.8 Å². The molecule has 5 nitrogen and oxygen atoms in total. The van der Waals surface area contributed by atoms with Gasteiger partial charge in [0.15, 0.2) is 5.13 Å². The molecule has 6 heteroatoms. The van der Waals surface area contributed by atoms with Crippen molar-refractivity contribution in [2.24, 2.45) is 0 Å². The highest BCUT2D eigenvalue weighted by Gasteiger charge is 2.25. The van der Waals surface area contributed by atoms with Gasteiger partial charge >= 0.3 is 0 Å². The first-order valence-electron chi connectivity index (χ1n) is 8.06. The number of amides is 1. The van der Waals surface area contributed by atoms with Crippen molar-refractivity contribution in [3.8, 4) is 0 Å². The lowest BCUT2D eigenvalue weighted by Crippen LogP contribution is -2.33. The molecule has 1 amide bonds. The van der Waals surface area contributed by atoms with Gasteiger partial charge in [-0.1, -0.05) is 30.6 Å². The fraction of sp³-hybridized carbons (Fsp3) is 0.733. The van der Waals surface area contributed by atoms with Gasteiger partial charge in [0.2, 0.25) is 0 Å². The Morgan fingerprint density at radius 2 is 1.52 bits per heavy atom. The summed E-state index contributed by atoms with van der Waals surface area (Å²) >= 11 is 1.47. The molecule has 21 heavy (non-hydrogen) atoms. The highest BCUT2D eigenvalue weighted by Crippen LogP contribution is 2.31. The van der Waals surface area contributed by atoms with E-state index in [1.54, 1.807) is 0 Å². The predicted molar refractivity (Wildman–Crippen MR) is 87.0 cm³/mol. The van der Waals surface area contributed by atoms with Gasteiger partial charge in [0.1, 0.15) is 10.7 Å². The Kier molecular flexibility index (Phi) is 4.63. The zero-order valence-electron chi connectivity index (χ0n) is 12.5. The number of carbonyl (C=O) groups is 1. The Morgan fingerprint density at radius 1 is 0.952 bits per heavy atom. The van der Waals surface area contributed by atoms with Crippen LogP contribution < -0.4 is 10.6 Å². The van der Waals surface area contributed by atoms with Gasteiger partial charge in [-0.2, -0.15) is 0 Å². The molecule has 2 fully saturated rings.